The van der Waals surface area contributed by atoms with Crippen molar-refractivity contribution in [1.29, 1.82) is 0 Å². The molecule has 2 heterocycles. The van der Waals surface area contributed by atoms with Gasteiger partial charge in [-0.25, -0.2) is 0 Å². The zero-order valence-electron chi connectivity index (χ0n) is 20.4. The summed E-state index contributed by atoms with van der Waals surface area (Å²) in [7, 11) is 2.19. The van der Waals surface area contributed by atoms with E-state index in [1.165, 1.54) is 12.8 Å². The Morgan fingerprint density at radius 2 is 1.63 bits per heavy atom. The van der Waals surface area contributed by atoms with Gasteiger partial charge in [-0.15, -0.1) is 0 Å². The molecule has 2 fully saturated rings. The maximum atomic E-state index is 13.5. The van der Waals surface area contributed by atoms with Crippen LogP contribution in [0.1, 0.15) is 28.7 Å². The van der Waals surface area contributed by atoms with Gasteiger partial charge in [0.05, 0.1) is 0 Å². The number of piperazine rings is 1. The van der Waals surface area contributed by atoms with Crippen LogP contribution in [0.4, 0.5) is 10.5 Å². The van der Waals surface area contributed by atoms with Gasteiger partial charge in [-0.05, 0) is 0 Å². The van der Waals surface area contributed by atoms with E-state index in [0.29, 0.717) is 16.8 Å². The Hall–Kier alpha value is -1.89. The molecule has 2 aromatic carbocycles. The van der Waals surface area contributed by atoms with Crippen molar-refractivity contribution in [3.05, 3.63) is 64.7 Å². The number of likely N-dealkylation sites (tertiary alicyclic amines) is 1. The summed E-state index contributed by atoms with van der Waals surface area (Å²) in [6.07, 6.45) is 2.43. The van der Waals surface area contributed by atoms with Gasteiger partial charge in [0.2, 0.25) is 0 Å². The summed E-state index contributed by atoms with van der Waals surface area (Å²) in [5.74, 6) is -0.0988. The summed E-state index contributed by atoms with van der Waals surface area (Å²) in [6, 6.07) is 15.5. The average Bonchev–Trinajstić information content (AvgIpc) is 2.85. The first-order valence-corrected chi connectivity index (χ1v) is 14.6. The first kappa shape index (κ1) is 26.2. The van der Waals surface area contributed by atoms with E-state index >= 15 is 0 Å². The van der Waals surface area contributed by atoms with Crippen molar-refractivity contribution in [2.45, 2.75) is 30.5 Å². The van der Waals surface area contributed by atoms with Gasteiger partial charge in [-0.1, -0.05) is 0 Å². The first-order valence-electron chi connectivity index (χ1n) is 12.2. The molecular formula is C26H34AsClN5O2. The molecule has 187 valence electrons. The number of carbonyl (C=O) groups is 2. The topological polar surface area (TPSA) is 67.9 Å². The van der Waals surface area contributed by atoms with Crippen molar-refractivity contribution in [2.24, 2.45) is 0 Å². The number of hydrogen-bond acceptors (Lipinski definition) is 5. The SMILES string of the molecule is Cc1ccccc1C([As]C(=O)Nc1ccc(Cl)cc1)C(=O)NN1CCN(C2CCN(C)CC2)CC1. The summed E-state index contributed by atoms with van der Waals surface area (Å²) in [6.45, 7) is 7.80. The summed E-state index contributed by atoms with van der Waals surface area (Å²) in [4.78, 5) is 31.4. The van der Waals surface area contributed by atoms with Crippen LogP contribution in [0.3, 0.4) is 0 Å². The van der Waals surface area contributed by atoms with Crippen molar-refractivity contribution in [2.75, 3.05) is 51.6 Å². The van der Waals surface area contributed by atoms with Crippen molar-refractivity contribution < 1.29 is 9.59 Å². The van der Waals surface area contributed by atoms with Gasteiger partial charge in [0, 0.05) is 0 Å². The predicted molar refractivity (Wildman–Crippen MR) is 142 cm³/mol. The number of anilines is 1. The van der Waals surface area contributed by atoms with Gasteiger partial charge >= 0.3 is 220 Å². The minimum absolute atomic E-state index is 0.0988. The van der Waals surface area contributed by atoms with Crippen LogP contribution in [0.2, 0.25) is 5.02 Å². The third-order valence-corrected chi connectivity index (χ3v) is 9.46. The van der Waals surface area contributed by atoms with E-state index in [-0.39, 0.29) is 10.6 Å². The maximum absolute atomic E-state index is 13.5. The van der Waals surface area contributed by atoms with E-state index < -0.39 is 20.5 Å². The van der Waals surface area contributed by atoms with Gasteiger partial charge in [-0.3, -0.25) is 0 Å². The van der Waals surface area contributed by atoms with Crippen molar-refractivity contribution in [1.82, 2.24) is 20.2 Å². The fraction of sp³-hybridized carbons (Fsp3) is 0.462. The second-order valence-electron chi connectivity index (χ2n) is 9.36. The number of piperidine rings is 1. The van der Waals surface area contributed by atoms with E-state index in [0.717, 1.165) is 50.4 Å². The second-order valence-corrected chi connectivity index (χ2v) is 12.3. The Labute approximate surface area is 219 Å². The molecule has 2 aliphatic heterocycles. The summed E-state index contributed by atoms with van der Waals surface area (Å²) in [5.41, 5.74) is 5.76. The summed E-state index contributed by atoms with van der Waals surface area (Å²) in [5, 5.41) is 5.57. The monoisotopic (exact) mass is 558 g/mol. The molecule has 2 saturated heterocycles. The Bertz CT molecular complexity index is 1010. The number of carbonyl (C=O) groups excluding carboxylic acids is 2. The van der Waals surface area contributed by atoms with Crippen LogP contribution in [0.5, 0.6) is 0 Å². The van der Waals surface area contributed by atoms with Crippen LogP contribution in [0.15, 0.2) is 48.5 Å². The number of benzene rings is 2. The van der Waals surface area contributed by atoms with Crippen LogP contribution in [-0.4, -0.2) is 93.5 Å². The molecule has 1 unspecified atom stereocenters. The standard InChI is InChI=1S/C26H34AsClN5O2/c1-19-5-3-4-6-23(19)24(27-26(35)29-21-9-7-20(28)8-10-21)25(34)30-33-17-15-32(16-18-33)22-11-13-31(2)14-12-22/h3-10,22,24H,11-18H2,1-2H3,(H,29,35)(H,30,34). The van der Waals surface area contributed by atoms with Crippen molar-refractivity contribution >= 4 is 43.6 Å². The molecule has 1 radical (unpaired) electrons. The molecule has 2 amide bonds. The molecule has 0 spiro atoms. The molecule has 2 aliphatic rings. The summed E-state index contributed by atoms with van der Waals surface area (Å²) >= 11 is 4.97. The molecule has 1 atom stereocenters. The molecule has 0 saturated carbocycles. The first-order chi connectivity index (χ1) is 16.9. The van der Waals surface area contributed by atoms with Crippen molar-refractivity contribution in [3.8, 4) is 0 Å². The third kappa shape index (κ3) is 7.31. The number of halogens is 1. The van der Waals surface area contributed by atoms with E-state index in [1.54, 1.807) is 24.3 Å². The molecule has 9 heteroatoms. The molecule has 0 aromatic heterocycles. The van der Waals surface area contributed by atoms with Crippen LogP contribution < -0.4 is 10.7 Å². The van der Waals surface area contributed by atoms with Gasteiger partial charge in [0.15, 0.2) is 0 Å². The predicted octanol–water partition coefficient (Wildman–Crippen LogP) is 3.37. The van der Waals surface area contributed by atoms with Crippen LogP contribution in [0, 0.1) is 6.92 Å². The van der Waals surface area contributed by atoms with E-state index in [4.69, 9.17) is 11.6 Å². The van der Waals surface area contributed by atoms with E-state index in [9.17, 15) is 9.59 Å². The number of amides is 2. The Morgan fingerprint density at radius 3 is 2.29 bits per heavy atom. The second kappa shape index (κ2) is 12.4. The average molecular weight is 559 g/mol. The number of nitrogens with zero attached hydrogens (tertiary/aromatic N) is 3. The number of nitrogens with one attached hydrogen (secondary N) is 2. The number of hydrogen-bond donors (Lipinski definition) is 2. The molecule has 2 N–H and O–H groups in total. The quantitative estimate of drug-likeness (QED) is 0.510. The summed E-state index contributed by atoms with van der Waals surface area (Å²) < 4.78 is -0.592. The minimum atomic E-state index is -0.982. The molecule has 0 aliphatic carbocycles. The molecule has 7 nitrogen and oxygen atoms in total. The van der Waals surface area contributed by atoms with Crippen LogP contribution in [0.25, 0.3) is 0 Å². The van der Waals surface area contributed by atoms with E-state index in [2.05, 4.69) is 27.6 Å². The molecule has 0 bridgehead atoms. The molecule has 35 heavy (non-hydrogen) atoms. The fourth-order valence-corrected chi connectivity index (χ4v) is 7.04. The zero-order valence-corrected chi connectivity index (χ0v) is 23.0. The molecule has 2 aromatic rings. The molecular weight excluding hydrogens is 525 g/mol. The zero-order chi connectivity index (χ0) is 24.8. The Kier molecular flexibility index (Phi) is 9.26. The number of hydrazine groups is 1. The van der Waals surface area contributed by atoms with E-state index in [1.807, 2.05) is 36.2 Å². The third-order valence-electron chi connectivity index (χ3n) is 6.86. The number of aryl methyl sites for hydroxylation is 1. The van der Waals surface area contributed by atoms with Gasteiger partial charge in [-0.2, -0.15) is 0 Å². The normalized spacial score (nSPS) is 19.6. The molecule has 4 rings (SSSR count). The number of rotatable bonds is 7. The van der Waals surface area contributed by atoms with Crippen molar-refractivity contribution in [3.63, 3.8) is 0 Å². The van der Waals surface area contributed by atoms with Crippen LogP contribution >= 0.6 is 11.6 Å². The fourth-order valence-electron chi connectivity index (χ4n) is 4.75. The van der Waals surface area contributed by atoms with Gasteiger partial charge in [0.1, 0.15) is 0 Å². The Morgan fingerprint density at radius 1 is 0.971 bits per heavy atom. The van der Waals surface area contributed by atoms with Crippen LogP contribution in [-0.2, 0) is 4.79 Å². The van der Waals surface area contributed by atoms with Gasteiger partial charge in [0.25, 0.3) is 0 Å². The van der Waals surface area contributed by atoms with Gasteiger partial charge < -0.3 is 0 Å². The Balaban J connectivity index is 1.37.